The molecule has 0 saturated carbocycles. The monoisotopic (exact) mass is 454 g/mol. The number of hydrogen-bond donors (Lipinski definition) is 1. The third-order valence-electron chi connectivity index (χ3n) is 5.62. The number of hydrogen-bond acceptors (Lipinski definition) is 8. The lowest BCUT2D eigenvalue weighted by molar-refractivity contribution is -0.154. The van der Waals surface area contributed by atoms with Crippen LogP contribution < -0.4 is 10.2 Å². The highest BCUT2D eigenvalue weighted by molar-refractivity contribution is 5.85. The average Bonchev–Trinajstić information content (AvgIpc) is 3.17. The van der Waals surface area contributed by atoms with Crippen LogP contribution in [-0.2, 0) is 14.3 Å². The molecule has 4 rings (SSSR count). The second-order valence-corrected chi connectivity index (χ2v) is 9.46. The van der Waals surface area contributed by atoms with Crippen LogP contribution >= 0.6 is 0 Å². The summed E-state index contributed by atoms with van der Waals surface area (Å²) in [6, 6.07) is 6.36. The quantitative estimate of drug-likeness (QED) is 0.406. The van der Waals surface area contributed by atoms with Crippen LogP contribution in [0.15, 0.2) is 18.2 Å². The summed E-state index contributed by atoms with van der Waals surface area (Å²) in [6.07, 6.45) is 3.12. The molecule has 0 bridgehead atoms. The number of rotatable bonds is 8. The first-order valence-electron chi connectivity index (χ1n) is 11.8. The summed E-state index contributed by atoms with van der Waals surface area (Å²) in [4.78, 5) is 19.1. The van der Waals surface area contributed by atoms with Gasteiger partial charge in [0.15, 0.2) is 5.82 Å². The van der Waals surface area contributed by atoms with Crippen LogP contribution in [0.4, 0.5) is 11.5 Å². The van der Waals surface area contributed by atoms with Crippen LogP contribution in [0.3, 0.4) is 0 Å². The fourth-order valence-corrected chi connectivity index (χ4v) is 4.07. The molecule has 0 unspecified atom stereocenters. The number of anilines is 2. The second-order valence-electron chi connectivity index (χ2n) is 9.46. The highest BCUT2D eigenvalue weighted by Gasteiger charge is 2.17. The molecule has 0 spiro atoms. The van der Waals surface area contributed by atoms with Crippen molar-refractivity contribution in [1.82, 2.24) is 19.6 Å². The van der Waals surface area contributed by atoms with E-state index in [1.54, 1.807) is 0 Å². The Morgan fingerprint density at radius 2 is 1.94 bits per heavy atom. The molecular weight excluding hydrogens is 420 g/mol. The zero-order valence-corrected chi connectivity index (χ0v) is 20.1. The molecular formula is C24H34N6O3. The lowest BCUT2D eigenvalue weighted by Crippen LogP contribution is -2.36. The number of benzene rings is 1. The number of esters is 1. The Labute approximate surface area is 194 Å². The van der Waals surface area contributed by atoms with Crippen molar-refractivity contribution in [1.29, 1.82) is 0 Å². The number of ether oxygens (including phenoxy) is 2. The van der Waals surface area contributed by atoms with Gasteiger partial charge < -0.3 is 19.7 Å². The van der Waals surface area contributed by atoms with Crippen molar-refractivity contribution in [2.45, 2.75) is 59.0 Å². The van der Waals surface area contributed by atoms with Crippen LogP contribution in [0.1, 0.15) is 52.3 Å². The molecule has 2 aromatic heterocycles. The van der Waals surface area contributed by atoms with Gasteiger partial charge in [0.05, 0.1) is 24.2 Å². The molecule has 0 aliphatic carbocycles. The maximum Gasteiger partial charge on any atom is 0.306 e. The molecule has 0 atom stereocenters. The molecule has 1 saturated heterocycles. The zero-order chi connectivity index (χ0) is 23.4. The first-order valence-corrected chi connectivity index (χ1v) is 11.8. The largest absolute Gasteiger partial charge is 0.460 e. The Bertz CT molecular complexity index is 1110. The number of nitrogens with zero attached hydrogens (tertiary/aromatic N) is 5. The third kappa shape index (κ3) is 5.71. The second kappa shape index (κ2) is 9.91. The lowest BCUT2D eigenvalue weighted by atomic mass is 10.1. The highest BCUT2D eigenvalue weighted by atomic mass is 16.6. The number of fused-ring (bicyclic) bond motifs is 3. The standard InChI is InChI=1S/C24H34N6O3/c1-17-27-28-23-22(25-11-7-5-6-8-21(31)33-24(2,3)4)26-19-16-18(9-10-20(19)30(17)23)29-12-14-32-15-13-29/h9-10,16H,5-8,11-15H2,1-4H3,(H,25,26). The van der Waals surface area contributed by atoms with Gasteiger partial charge in [0.25, 0.3) is 0 Å². The molecule has 3 heterocycles. The molecule has 1 N–H and O–H groups in total. The Kier molecular flexibility index (Phi) is 6.97. The molecule has 3 aromatic rings. The minimum absolute atomic E-state index is 0.136. The summed E-state index contributed by atoms with van der Waals surface area (Å²) in [5.41, 5.74) is 3.35. The van der Waals surface area contributed by atoms with E-state index in [2.05, 4.69) is 43.0 Å². The minimum Gasteiger partial charge on any atom is -0.460 e. The number of aryl methyl sites for hydroxylation is 1. The summed E-state index contributed by atoms with van der Waals surface area (Å²) < 4.78 is 12.9. The molecule has 1 aliphatic rings. The van der Waals surface area contributed by atoms with Crippen LogP contribution in [-0.4, -0.2) is 64.0 Å². The van der Waals surface area contributed by atoms with Crippen molar-refractivity contribution in [3.63, 3.8) is 0 Å². The van der Waals surface area contributed by atoms with Gasteiger partial charge in [-0.05, 0) is 58.7 Å². The molecule has 33 heavy (non-hydrogen) atoms. The summed E-state index contributed by atoms with van der Waals surface area (Å²) in [6.45, 7) is 11.6. The van der Waals surface area contributed by atoms with E-state index in [9.17, 15) is 4.79 Å². The van der Waals surface area contributed by atoms with Gasteiger partial charge in [-0.15, -0.1) is 10.2 Å². The molecule has 9 nitrogen and oxygen atoms in total. The van der Waals surface area contributed by atoms with Crippen LogP contribution in [0.5, 0.6) is 0 Å². The topological polar surface area (TPSA) is 93.9 Å². The number of aromatic nitrogens is 4. The van der Waals surface area contributed by atoms with E-state index in [0.29, 0.717) is 6.42 Å². The van der Waals surface area contributed by atoms with Gasteiger partial charge in [0.1, 0.15) is 11.4 Å². The van der Waals surface area contributed by atoms with Crippen LogP contribution in [0.2, 0.25) is 0 Å². The number of morpholine rings is 1. The van der Waals surface area contributed by atoms with E-state index in [-0.39, 0.29) is 5.97 Å². The van der Waals surface area contributed by atoms with Crippen molar-refractivity contribution in [3.8, 4) is 0 Å². The van der Waals surface area contributed by atoms with E-state index >= 15 is 0 Å². The van der Waals surface area contributed by atoms with E-state index < -0.39 is 5.60 Å². The summed E-state index contributed by atoms with van der Waals surface area (Å²) in [5, 5.41) is 12.1. The molecule has 178 valence electrons. The summed E-state index contributed by atoms with van der Waals surface area (Å²) in [7, 11) is 0. The zero-order valence-electron chi connectivity index (χ0n) is 20.1. The SMILES string of the molecule is Cc1nnc2c(NCCCCCC(=O)OC(C)(C)C)nc3cc(N4CCOCC4)ccc3n12. The normalized spacial score (nSPS) is 14.7. The van der Waals surface area contributed by atoms with E-state index in [1.807, 2.05) is 27.7 Å². The fraction of sp³-hybridized carbons (Fsp3) is 0.583. The molecule has 1 aliphatic heterocycles. The number of carbonyl (C=O) groups is 1. The Morgan fingerprint density at radius 1 is 1.15 bits per heavy atom. The highest BCUT2D eigenvalue weighted by Crippen LogP contribution is 2.26. The molecule has 0 amide bonds. The maximum atomic E-state index is 11.9. The Hall–Kier alpha value is -2.94. The van der Waals surface area contributed by atoms with Gasteiger partial charge in [-0.2, -0.15) is 0 Å². The molecule has 1 aromatic carbocycles. The molecule has 9 heteroatoms. The van der Waals surface area contributed by atoms with Gasteiger partial charge in [-0.1, -0.05) is 6.42 Å². The molecule has 1 fully saturated rings. The van der Waals surface area contributed by atoms with E-state index in [0.717, 1.165) is 86.1 Å². The van der Waals surface area contributed by atoms with Crippen molar-refractivity contribution < 1.29 is 14.3 Å². The average molecular weight is 455 g/mol. The third-order valence-corrected chi connectivity index (χ3v) is 5.62. The summed E-state index contributed by atoms with van der Waals surface area (Å²) in [5.74, 6) is 1.43. The minimum atomic E-state index is -0.427. The Balaban J connectivity index is 1.42. The van der Waals surface area contributed by atoms with Crippen molar-refractivity contribution >= 4 is 34.2 Å². The van der Waals surface area contributed by atoms with Crippen molar-refractivity contribution in [3.05, 3.63) is 24.0 Å². The maximum absolute atomic E-state index is 11.9. The van der Waals surface area contributed by atoms with Gasteiger partial charge in [0, 0.05) is 31.7 Å². The first kappa shape index (κ1) is 23.2. The van der Waals surface area contributed by atoms with Crippen LogP contribution in [0, 0.1) is 6.92 Å². The Morgan fingerprint density at radius 3 is 2.70 bits per heavy atom. The van der Waals surface area contributed by atoms with E-state index in [1.165, 1.54) is 0 Å². The van der Waals surface area contributed by atoms with Gasteiger partial charge in [-0.3, -0.25) is 9.20 Å². The van der Waals surface area contributed by atoms with E-state index in [4.69, 9.17) is 14.5 Å². The number of nitrogens with one attached hydrogen (secondary N) is 1. The first-order chi connectivity index (χ1) is 15.8. The van der Waals surface area contributed by atoms with Gasteiger partial charge >= 0.3 is 5.97 Å². The predicted molar refractivity (Wildman–Crippen MR) is 129 cm³/mol. The van der Waals surface area contributed by atoms with Crippen LogP contribution in [0.25, 0.3) is 16.7 Å². The fourth-order valence-electron chi connectivity index (χ4n) is 4.07. The van der Waals surface area contributed by atoms with Gasteiger partial charge in [-0.25, -0.2) is 4.98 Å². The predicted octanol–water partition coefficient (Wildman–Crippen LogP) is 3.74. The lowest BCUT2D eigenvalue weighted by Gasteiger charge is -2.29. The smallest absolute Gasteiger partial charge is 0.306 e. The number of carbonyl (C=O) groups excluding carboxylic acids is 1. The molecule has 0 radical (unpaired) electrons. The van der Waals surface area contributed by atoms with Crippen molar-refractivity contribution in [2.75, 3.05) is 43.1 Å². The summed E-state index contributed by atoms with van der Waals surface area (Å²) >= 11 is 0. The number of unbranched alkanes of at least 4 members (excludes halogenated alkanes) is 2. The van der Waals surface area contributed by atoms with Crippen molar-refractivity contribution in [2.24, 2.45) is 0 Å². The van der Waals surface area contributed by atoms with Gasteiger partial charge in [0.2, 0.25) is 5.65 Å².